The van der Waals surface area contributed by atoms with Crippen LogP contribution in [0.15, 0.2) is 0 Å². The van der Waals surface area contributed by atoms with Crippen molar-refractivity contribution in [1.82, 2.24) is 9.80 Å². The quantitative estimate of drug-likeness (QED) is 0.650. The number of likely N-dealkylation sites (N-methyl/N-ethyl adjacent to an activating group) is 1. The van der Waals surface area contributed by atoms with Gasteiger partial charge >= 0.3 is 5.97 Å². The van der Waals surface area contributed by atoms with Crippen LogP contribution in [0.2, 0.25) is 0 Å². The van der Waals surface area contributed by atoms with Crippen LogP contribution in [0.4, 0.5) is 0 Å². The van der Waals surface area contributed by atoms with Crippen LogP contribution < -0.4 is 0 Å². The normalized spacial score (nSPS) is 25.0. The van der Waals surface area contributed by atoms with Crippen molar-refractivity contribution >= 4 is 11.9 Å². The predicted molar refractivity (Wildman–Crippen MR) is 55.5 cm³/mol. The topological polar surface area (TPSA) is 60.9 Å². The maximum absolute atomic E-state index is 11.7. The summed E-state index contributed by atoms with van der Waals surface area (Å²) in [5.74, 6) is -2.25. The summed E-state index contributed by atoms with van der Waals surface area (Å²) >= 11 is 0. The summed E-state index contributed by atoms with van der Waals surface area (Å²) in [4.78, 5) is 26.2. The summed E-state index contributed by atoms with van der Waals surface area (Å²) in [6.07, 6.45) is 0. The largest absolute Gasteiger partial charge is 0.481 e. The minimum atomic E-state index is -1.05. The molecule has 1 heterocycles. The number of hydrogen-bond acceptors (Lipinski definition) is 3. The fraction of sp³-hybridized carbons (Fsp3) is 0.800. The highest BCUT2D eigenvalue weighted by Crippen LogP contribution is 2.10. The second kappa shape index (κ2) is 4.61. The molecule has 1 aliphatic heterocycles. The minimum absolute atomic E-state index is 0.276. The average Bonchev–Trinajstić information content (AvgIpc) is 2.19. The maximum atomic E-state index is 11.7. The second-order valence-electron chi connectivity index (χ2n) is 4.17. The number of rotatable bonds is 2. The van der Waals surface area contributed by atoms with Gasteiger partial charge in [0.1, 0.15) is 5.92 Å². The lowest BCUT2D eigenvalue weighted by molar-refractivity contribution is -0.151. The number of carbonyl (C=O) groups excluding carboxylic acids is 1. The molecule has 2 atom stereocenters. The summed E-state index contributed by atoms with van der Waals surface area (Å²) in [5.41, 5.74) is 0. The lowest BCUT2D eigenvalue weighted by Crippen LogP contribution is -2.53. The van der Waals surface area contributed by atoms with Crippen molar-refractivity contribution in [3.8, 4) is 0 Å². The van der Waals surface area contributed by atoms with E-state index in [2.05, 4.69) is 4.90 Å². The number of aliphatic carboxylic acids is 1. The molecule has 1 N–H and O–H groups in total. The Morgan fingerprint density at radius 2 is 2.00 bits per heavy atom. The van der Waals surface area contributed by atoms with E-state index in [0.29, 0.717) is 19.1 Å². The Labute approximate surface area is 89.7 Å². The van der Waals surface area contributed by atoms with Gasteiger partial charge in [0.25, 0.3) is 0 Å². The van der Waals surface area contributed by atoms with Crippen molar-refractivity contribution in [3.63, 3.8) is 0 Å². The molecular weight excluding hydrogens is 196 g/mol. The number of amides is 1. The van der Waals surface area contributed by atoms with Gasteiger partial charge in [-0.25, -0.2) is 0 Å². The van der Waals surface area contributed by atoms with Gasteiger partial charge in [-0.05, 0) is 20.9 Å². The third kappa shape index (κ3) is 2.68. The fourth-order valence-electron chi connectivity index (χ4n) is 1.63. The molecular formula is C10H18N2O3. The zero-order valence-electron chi connectivity index (χ0n) is 9.43. The van der Waals surface area contributed by atoms with E-state index in [4.69, 9.17) is 5.11 Å². The van der Waals surface area contributed by atoms with Gasteiger partial charge < -0.3 is 14.9 Å². The molecule has 5 heteroatoms. The van der Waals surface area contributed by atoms with E-state index in [0.717, 1.165) is 6.54 Å². The molecule has 0 aromatic heterocycles. The predicted octanol–water partition coefficient (Wildman–Crippen LogP) is -0.130. The Morgan fingerprint density at radius 3 is 2.47 bits per heavy atom. The lowest BCUT2D eigenvalue weighted by Gasteiger charge is -2.38. The van der Waals surface area contributed by atoms with Crippen molar-refractivity contribution in [2.45, 2.75) is 19.9 Å². The molecule has 1 aliphatic rings. The van der Waals surface area contributed by atoms with Crippen molar-refractivity contribution in [1.29, 1.82) is 0 Å². The first-order valence-electron chi connectivity index (χ1n) is 5.15. The lowest BCUT2D eigenvalue weighted by atomic mass is 10.1. The van der Waals surface area contributed by atoms with E-state index in [1.807, 2.05) is 14.0 Å². The summed E-state index contributed by atoms with van der Waals surface area (Å²) < 4.78 is 0. The van der Waals surface area contributed by atoms with E-state index in [-0.39, 0.29) is 5.91 Å². The molecule has 0 bridgehead atoms. The van der Waals surface area contributed by atoms with E-state index >= 15 is 0 Å². The third-order valence-corrected chi connectivity index (χ3v) is 3.01. The van der Waals surface area contributed by atoms with Crippen LogP contribution in [-0.2, 0) is 9.59 Å². The number of carbonyl (C=O) groups is 2. The van der Waals surface area contributed by atoms with Gasteiger partial charge in [0.15, 0.2) is 0 Å². The first-order valence-corrected chi connectivity index (χ1v) is 5.15. The number of piperazine rings is 1. The second-order valence-corrected chi connectivity index (χ2v) is 4.17. The monoisotopic (exact) mass is 214 g/mol. The molecule has 0 saturated carbocycles. The summed E-state index contributed by atoms with van der Waals surface area (Å²) in [7, 11) is 2.01. The molecule has 5 nitrogen and oxygen atoms in total. The zero-order valence-corrected chi connectivity index (χ0v) is 9.43. The van der Waals surface area contributed by atoms with Gasteiger partial charge in [0.05, 0.1) is 0 Å². The van der Waals surface area contributed by atoms with Crippen LogP contribution in [0.3, 0.4) is 0 Å². The van der Waals surface area contributed by atoms with Crippen molar-refractivity contribution in [2.75, 3.05) is 26.7 Å². The standard InChI is InChI=1S/C10H18N2O3/c1-7-6-12(5-4-11(7)3)9(13)8(2)10(14)15/h7-8H,4-6H2,1-3H3,(H,14,15). The highest BCUT2D eigenvalue weighted by molar-refractivity contribution is 5.96. The highest BCUT2D eigenvalue weighted by atomic mass is 16.4. The van der Waals surface area contributed by atoms with Crippen LogP contribution >= 0.6 is 0 Å². The maximum Gasteiger partial charge on any atom is 0.315 e. The third-order valence-electron chi connectivity index (χ3n) is 3.01. The number of carboxylic acid groups (broad SMARTS) is 1. The molecule has 1 rings (SSSR count). The molecule has 1 amide bonds. The van der Waals surface area contributed by atoms with Gasteiger partial charge in [-0.2, -0.15) is 0 Å². The molecule has 0 aromatic carbocycles. The van der Waals surface area contributed by atoms with Gasteiger partial charge in [0, 0.05) is 25.7 Å². The Hall–Kier alpha value is -1.10. The van der Waals surface area contributed by atoms with Crippen LogP contribution in [-0.4, -0.2) is 59.5 Å². The fourth-order valence-corrected chi connectivity index (χ4v) is 1.63. The molecule has 86 valence electrons. The molecule has 15 heavy (non-hydrogen) atoms. The first kappa shape index (κ1) is 12.0. The van der Waals surface area contributed by atoms with Crippen LogP contribution in [0.1, 0.15) is 13.8 Å². The highest BCUT2D eigenvalue weighted by Gasteiger charge is 2.30. The SMILES string of the molecule is CC(C(=O)O)C(=O)N1CCN(C)C(C)C1. The summed E-state index contributed by atoms with van der Waals surface area (Å²) in [5, 5.41) is 8.74. The molecule has 0 radical (unpaired) electrons. The van der Waals surface area contributed by atoms with Gasteiger partial charge in [-0.3, -0.25) is 9.59 Å². The van der Waals surface area contributed by atoms with Crippen molar-refractivity contribution < 1.29 is 14.7 Å². The van der Waals surface area contributed by atoms with E-state index in [1.54, 1.807) is 4.90 Å². The number of hydrogen-bond donors (Lipinski definition) is 1. The van der Waals surface area contributed by atoms with E-state index in [9.17, 15) is 9.59 Å². The van der Waals surface area contributed by atoms with Crippen LogP contribution in [0.25, 0.3) is 0 Å². The van der Waals surface area contributed by atoms with Crippen LogP contribution in [0, 0.1) is 5.92 Å². The smallest absolute Gasteiger partial charge is 0.315 e. The molecule has 0 aromatic rings. The minimum Gasteiger partial charge on any atom is -0.481 e. The Kier molecular flexibility index (Phi) is 3.68. The zero-order chi connectivity index (χ0) is 11.6. The molecule has 1 fully saturated rings. The van der Waals surface area contributed by atoms with Gasteiger partial charge in [-0.1, -0.05) is 0 Å². The Morgan fingerprint density at radius 1 is 1.40 bits per heavy atom. The van der Waals surface area contributed by atoms with Gasteiger partial charge in [-0.15, -0.1) is 0 Å². The number of nitrogens with zero attached hydrogens (tertiary/aromatic N) is 2. The summed E-state index contributed by atoms with van der Waals surface area (Å²) in [6.45, 7) is 5.52. The number of carboxylic acids is 1. The van der Waals surface area contributed by atoms with Crippen molar-refractivity contribution in [3.05, 3.63) is 0 Å². The average molecular weight is 214 g/mol. The van der Waals surface area contributed by atoms with Crippen molar-refractivity contribution in [2.24, 2.45) is 5.92 Å². The van der Waals surface area contributed by atoms with Gasteiger partial charge in [0.2, 0.25) is 5.91 Å². The Bertz CT molecular complexity index is 267. The molecule has 2 unspecified atom stereocenters. The molecule has 0 aliphatic carbocycles. The first-order chi connectivity index (χ1) is 6.93. The Balaban J connectivity index is 2.58. The van der Waals surface area contributed by atoms with E-state index < -0.39 is 11.9 Å². The summed E-state index contributed by atoms with van der Waals surface area (Å²) in [6, 6.07) is 0.295. The van der Waals surface area contributed by atoms with Crippen LogP contribution in [0.5, 0.6) is 0 Å². The molecule has 0 spiro atoms. The van der Waals surface area contributed by atoms with E-state index in [1.165, 1.54) is 6.92 Å². The molecule has 1 saturated heterocycles.